The molecule has 45 heavy (non-hydrogen) atoms. The molecule has 3 aliphatic rings. The molecule has 7 N–H and O–H groups in total. The zero-order valence-corrected chi connectivity index (χ0v) is 25.3. The summed E-state index contributed by atoms with van der Waals surface area (Å²) in [5.41, 5.74) is 11.7. The Hall–Kier alpha value is -3.36. The number of phosphoric ester groups is 2. The van der Waals surface area contributed by atoms with Gasteiger partial charge in [0.15, 0.2) is 23.0 Å². The number of nitrogens with zero attached hydrogens (tertiary/aromatic N) is 7. The minimum atomic E-state index is -4.87. The number of fused-ring (bicyclic) bond motifs is 5. The highest BCUT2D eigenvalue weighted by atomic mass is 31.2. The molecule has 2 bridgehead atoms. The molecule has 4 aromatic heterocycles. The number of nitrogens with two attached hydrogens (primary N) is 2. The van der Waals surface area contributed by atoms with E-state index in [0.717, 1.165) is 0 Å². The predicted octanol–water partition coefficient (Wildman–Crippen LogP) is 0.0494. The quantitative estimate of drug-likeness (QED) is 0.176. The van der Waals surface area contributed by atoms with Crippen LogP contribution in [0.25, 0.3) is 16.8 Å². The van der Waals surface area contributed by atoms with Gasteiger partial charge in [-0.15, -0.1) is 0 Å². The van der Waals surface area contributed by atoms with E-state index >= 15 is 0 Å². The predicted molar refractivity (Wildman–Crippen MR) is 149 cm³/mol. The number of rotatable bonds is 2. The monoisotopic (exact) mass is 670 g/mol. The van der Waals surface area contributed by atoms with Crippen LogP contribution in [0.5, 0.6) is 0 Å². The summed E-state index contributed by atoms with van der Waals surface area (Å²) < 4.78 is 63.4. The smallest absolute Gasteiger partial charge is 0.369 e. The topological polar surface area (TPSA) is 289 Å². The van der Waals surface area contributed by atoms with Gasteiger partial charge in [0.25, 0.3) is 5.56 Å². The summed E-state index contributed by atoms with van der Waals surface area (Å²) in [4.78, 5) is 52.6. The van der Waals surface area contributed by atoms with Crippen LogP contribution >= 0.6 is 15.6 Å². The number of H-pyrrole nitrogens is 1. The molecule has 10 atom stereocenters. The maximum Gasteiger partial charge on any atom is 0.472 e. The van der Waals surface area contributed by atoms with Crippen molar-refractivity contribution in [3.8, 4) is 0 Å². The number of aromatic nitrogens is 8. The van der Waals surface area contributed by atoms with Crippen LogP contribution in [0.1, 0.15) is 31.7 Å². The minimum absolute atomic E-state index is 0.0107. The molecule has 0 spiro atoms. The van der Waals surface area contributed by atoms with Gasteiger partial charge in [-0.2, -0.15) is 14.6 Å². The van der Waals surface area contributed by atoms with Crippen LogP contribution in [0, 0.1) is 11.8 Å². The number of hydrogen-bond acceptors (Lipinski definition) is 16. The van der Waals surface area contributed by atoms with Gasteiger partial charge >= 0.3 is 15.6 Å². The summed E-state index contributed by atoms with van der Waals surface area (Å²) in [5, 5.41) is 4.19. The molecule has 0 aliphatic carbocycles. The molecule has 242 valence electrons. The first-order valence-corrected chi connectivity index (χ1v) is 16.6. The van der Waals surface area contributed by atoms with Crippen molar-refractivity contribution in [2.75, 3.05) is 24.7 Å². The zero-order valence-electron chi connectivity index (χ0n) is 23.5. The second kappa shape index (κ2) is 10.9. The molecule has 3 aliphatic heterocycles. The van der Waals surface area contributed by atoms with Crippen LogP contribution in [0.15, 0.2) is 23.6 Å². The van der Waals surface area contributed by atoms with Crippen molar-refractivity contribution < 1.29 is 46.5 Å². The van der Waals surface area contributed by atoms with Crippen molar-refractivity contribution in [2.24, 2.45) is 11.8 Å². The average Bonchev–Trinajstić information content (AvgIpc) is 3.72. The molecule has 7 rings (SSSR count). The molecule has 10 unspecified atom stereocenters. The van der Waals surface area contributed by atoms with E-state index < -0.39 is 83.0 Å². The van der Waals surface area contributed by atoms with Gasteiger partial charge < -0.3 is 30.7 Å². The second-order valence-corrected chi connectivity index (χ2v) is 13.7. The van der Waals surface area contributed by atoms with E-state index in [1.165, 1.54) is 27.9 Å². The lowest BCUT2D eigenvalue weighted by atomic mass is 9.95. The van der Waals surface area contributed by atoms with Gasteiger partial charge in [0.2, 0.25) is 11.9 Å². The van der Waals surface area contributed by atoms with Gasteiger partial charge in [0.1, 0.15) is 24.6 Å². The molecule has 4 aromatic rings. The number of hydrogen-bond donors (Lipinski definition) is 5. The van der Waals surface area contributed by atoms with Gasteiger partial charge in [-0.25, -0.2) is 24.1 Å². The lowest BCUT2D eigenvalue weighted by Crippen LogP contribution is -2.32. The summed E-state index contributed by atoms with van der Waals surface area (Å²) in [6, 6.07) is 0. The summed E-state index contributed by atoms with van der Waals surface area (Å²) in [6.07, 6.45) is -2.57. The van der Waals surface area contributed by atoms with Gasteiger partial charge in [0, 0.05) is 17.4 Å². The van der Waals surface area contributed by atoms with Crippen molar-refractivity contribution in [1.29, 1.82) is 0 Å². The van der Waals surface area contributed by atoms with Crippen molar-refractivity contribution in [3.63, 3.8) is 0 Å². The lowest BCUT2D eigenvalue weighted by Gasteiger charge is -2.26. The fourth-order valence-electron chi connectivity index (χ4n) is 5.85. The van der Waals surface area contributed by atoms with E-state index in [0.29, 0.717) is 11.2 Å². The van der Waals surface area contributed by atoms with E-state index in [2.05, 4.69) is 30.0 Å². The molecule has 23 heteroatoms. The Bertz CT molecular complexity index is 1930. The highest BCUT2D eigenvalue weighted by Gasteiger charge is 2.52. The summed E-state index contributed by atoms with van der Waals surface area (Å²) in [5.74, 6) is -1.48. The van der Waals surface area contributed by atoms with E-state index in [-0.39, 0.29) is 23.1 Å². The van der Waals surface area contributed by atoms with Crippen LogP contribution < -0.4 is 17.0 Å². The molecule has 21 nitrogen and oxygen atoms in total. The number of phosphoric acid groups is 2. The summed E-state index contributed by atoms with van der Waals surface area (Å²) in [7, 11) is -9.66. The van der Waals surface area contributed by atoms with Crippen LogP contribution in [-0.2, 0) is 36.7 Å². The third-order valence-electron chi connectivity index (χ3n) is 8.09. The zero-order chi connectivity index (χ0) is 31.8. The largest absolute Gasteiger partial charge is 0.472 e. The summed E-state index contributed by atoms with van der Waals surface area (Å²) in [6.45, 7) is 2.24. The number of imidazole rings is 1. The Morgan fingerprint density at radius 3 is 2.42 bits per heavy atom. The van der Waals surface area contributed by atoms with E-state index in [4.69, 9.17) is 39.0 Å². The number of ether oxygens (including phenoxy) is 2. The van der Waals surface area contributed by atoms with Crippen LogP contribution in [-0.4, -0.2) is 86.5 Å². The summed E-state index contributed by atoms with van der Waals surface area (Å²) >= 11 is 0. The maximum atomic E-state index is 13.4. The van der Waals surface area contributed by atoms with Gasteiger partial charge in [0.05, 0.1) is 37.9 Å². The van der Waals surface area contributed by atoms with Crippen LogP contribution in [0.2, 0.25) is 0 Å². The Morgan fingerprint density at radius 2 is 1.67 bits per heavy atom. The van der Waals surface area contributed by atoms with E-state index in [1.54, 1.807) is 13.8 Å². The van der Waals surface area contributed by atoms with Crippen LogP contribution in [0.3, 0.4) is 0 Å². The standard InChI is InChI=1S/C22H28N10O11P2/c1-8-11-4-38-44(34,35)42-15-9(2)14(10-3-28-32-17(10)25-6-26-22(32)24)40-12(15)5-39-45(36,37)43-16(8)20(41-11)31-7-27-13-18(31)29-21(23)30-19(13)33/h3,6-9,11-12,14-16,20H,4-5H2,1-2H3,(H,34,35)(H,36,37)(H2,24,25,26)(H3,23,29,30,33). The number of anilines is 2. The Morgan fingerprint density at radius 1 is 0.956 bits per heavy atom. The van der Waals surface area contributed by atoms with Gasteiger partial charge in [-0.05, 0) is 0 Å². The molecule has 0 amide bonds. The third-order valence-corrected chi connectivity index (χ3v) is 10.1. The van der Waals surface area contributed by atoms with Crippen molar-refractivity contribution >= 4 is 44.4 Å². The number of nitrogens with one attached hydrogen (secondary N) is 1. The minimum Gasteiger partial charge on any atom is -0.369 e. The first-order valence-electron chi connectivity index (χ1n) is 13.6. The number of aromatic amines is 1. The molecular weight excluding hydrogens is 642 g/mol. The highest BCUT2D eigenvalue weighted by molar-refractivity contribution is 7.47. The van der Waals surface area contributed by atoms with Crippen molar-refractivity contribution in [3.05, 3.63) is 34.8 Å². The first-order chi connectivity index (χ1) is 21.3. The lowest BCUT2D eigenvalue weighted by molar-refractivity contribution is -0.0625. The molecule has 0 radical (unpaired) electrons. The van der Waals surface area contributed by atoms with E-state index in [9.17, 15) is 23.7 Å². The van der Waals surface area contributed by atoms with E-state index in [1.807, 2.05) is 0 Å². The van der Waals surface area contributed by atoms with Crippen LogP contribution in [0.4, 0.5) is 11.9 Å². The molecule has 0 saturated carbocycles. The van der Waals surface area contributed by atoms with Gasteiger partial charge in [-0.1, -0.05) is 13.8 Å². The Balaban J connectivity index is 1.21. The second-order valence-electron chi connectivity index (χ2n) is 10.9. The first kappa shape index (κ1) is 30.3. The normalized spacial score (nSPS) is 37.7. The Labute approximate surface area is 252 Å². The maximum absolute atomic E-state index is 13.4. The Kier molecular flexibility index (Phi) is 7.32. The fraction of sp³-hybridized carbons (Fsp3) is 0.545. The third kappa shape index (κ3) is 5.34. The number of nitrogen functional groups attached to an aromatic ring is 2. The fourth-order valence-corrected chi connectivity index (χ4v) is 7.88. The van der Waals surface area contributed by atoms with Crippen molar-refractivity contribution in [1.82, 2.24) is 39.1 Å². The molecular formula is C22H28N10O11P2. The molecule has 0 aromatic carbocycles. The molecule has 7 heterocycles. The molecule has 3 saturated heterocycles. The highest BCUT2D eigenvalue weighted by Crippen LogP contribution is 2.55. The SMILES string of the molecule is CC1C(c2cnn3c(N)ncnc23)OC2COP(=O)(O)OC3C(C)C(COP(=O)(O)OC21)OC3n1cnc2c(=O)[nH]c(N)nc21. The molecule has 3 fully saturated rings. The van der Waals surface area contributed by atoms with Gasteiger partial charge in [-0.3, -0.25) is 32.4 Å². The average molecular weight is 670 g/mol. The van der Waals surface area contributed by atoms with Crippen molar-refractivity contribution in [2.45, 2.75) is 50.6 Å².